The van der Waals surface area contributed by atoms with E-state index in [1.807, 2.05) is 0 Å². The molecule has 0 atom stereocenters. The Balaban J connectivity index is -0.000000966. The zero-order valence-electron chi connectivity index (χ0n) is 36.2. The number of unbranched alkanes of at least 4 members (excludes halogenated alkanes) is 32. The van der Waals surface area contributed by atoms with Crippen LogP contribution < -0.4 is 10.2 Å². The van der Waals surface area contributed by atoms with Crippen LogP contribution in [0.2, 0.25) is 0 Å². The van der Waals surface area contributed by atoms with Crippen molar-refractivity contribution in [1.29, 1.82) is 0 Å². The fourth-order valence-corrected chi connectivity index (χ4v) is 6.21. The monoisotopic (exact) mass is 861 g/mol. The largest absolute Gasteiger partial charge is 2.00 e. The van der Waals surface area contributed by atoms with Gasteiger partial charge >= 0.3 is 27.3 Å². The van der Waals surface area contributed by atoms with E-state index in [1.54, 1.807) is 0 Å². The first kappa shape index (κ1) is 57.4. The van der Waals surface area contributed by atoms with Crippen LogP contribution in [0.4, 0.5) is 0 Å². The smallest absolute Gasteiger partial charge is 0.550 e. The Kier molecular flexibility index (Phi) is 56.6. The van der Waals surface area contributed by atoms with Crippen molar-refractivity contribution in [3.05, 3.63) is 0 Å². The van der Waals surface area contributed by atoms with Crippen LogP contribution >= 0.6 is 0 Å². The first-order valence-corrected chi connectivity index (χ1v) is 22.9. The van der Waals surface area contributed by atoms with E-state index in [9.17, 15) is 19.8 Å². The van der Waals surface area contributed by atoms with E-state index in [0.29, 0.717) is 0 Å². The average Bonchev–Trinajstić information content (AvgIpc) is 3.15. The summed E-state index contributed by atoms with van der Waals surface area (Å²) in [5.41, 5.74) is 0. The maximum atomic E-state index is 10.3. The first-order valence-electron chi connectivity index (χ1n) is 22.9. The number of carboxylic acid groups (broad SMARTS) is 2. The van der Waals surface area contributed by atoms with Gasteiger partial charge in [0.1, 0.15) is 0 Å². The number of carbonyl (C=O) groups is 2. The topological polar surface area (TPSA) is 80.3 Å². The molecule has 5 heteroatoms. The number of carboxylic acids is 2. The maximum Gasteiger partial charge on any atom is 2.00 e. The van der Waals surface area contributed by atoms with Gasteiger partial charge in [-0.15, -0.1) is 0 Å². The first-order chi connectivity index (χ1) is 26.5. The molecule has 0 aliphatic rings. The summed E-state index contributed by atoms with van der Waals surface area (Å²) in [6, 6.07) is 0. The number of hydrogen-bond acceptors (Lipinski definition) is 4. The predicted octanol–water partition coefficient (Wildman–Crippen LogP) is 12.3. The van der Waals surface area contributed by atoms with Gasteiger partial charge in [0, 0.05) is 37.6 Å². The zero-order valence-corrected chi connectivity index (χ0v) is 40.2. The molecule has 0 aromatic rings. The molecule has 308 valence electrons. The van der Waals surface area contributed by atoms with Gasteiger partial charge in [0.05, 0.1) is 0 Å². The summed E-state index contributed by atoms with van der Waals surface area (Å²) >= 11 is 0. The molecular formula is C50H82CdO4. The van der Waals surface area contributed by atoms with E-state index >= 15 is 0 Å². The molecule has 0 spiro atoms. The van der Waals surface area contributed by atoms with Gasteiger partial charge in [-0.3, -0.25) is 0 Å². The molecule has 0 aliphatic carbocycles. The molecule has 55 heavy (non-hydrogen) atoms. The molecule has 0 unspecified atom stereocenters. The van der Waals surface area contributed by atoms with Gasteiger partial charge in [-0.05, 0) is 75.0 Å². The number of aliphatic carboxylic acids is 2. The second-order valence-electron chi connectivity index (χ2n) is 15.1. The van der Waals surface area contributed by atoms with E-state index in [-0.39, 0.29) is 40.1 Å². The van der Waals surface area contributed by atoms with E-state index in [2.05, 4.69) is 61.2 Å². The fourth-order valence-electron chi connectivity index (χ4n) is 6.21. The summed E-state index contributed by atoms with van der Waals surface area (Å²) in [6.45, 7) is 4.54. The number of hydrogen-bond donors (Lipinski definition) is 0. The van der Waals surface area contributed by atoms with Gasteiger partial charge in [0.25, 0.3) is 0 Å². The molecule has 0 rings (SSSR count). The maximum absolute atomic E-state index is 10.3. The van der Waals surface area contributed by atoms with Crippen molar-refractivity contribution in [2.75, 3.05) is 0 Å². The third-order valence-corrected chi connectivity index (χ3v) is 9.65. The molecule has 0 aromatic heterocycles. The Hall–Kier alpha value is -1.90. The third-order valence-electron chi connectivity index (χ3n) is 9.65. The quantitative estimate of drug-likeness (QED) is 0.0357. The molecule has 0 fully saturated rings. The predicted molar refractivity (Wildman–Crippen MR) is 228 cm³/mol. The Morgan fingerprint density at radius 3 is 0.691 bits per heavy atom. The molecule has 0 amide bonds. The van der Waals surface area contributed by atoms with Crippen molar-refractivity contribution in [2.45, 2.75) is 258 Å². The Bertz CT molecular complexity index is 982. The Morgan fingerprint density at radius 2 is 0.491 bits per heavy atom. The molecule has 0 radical (unpaired) electrons. The molecule has 0 N–H and O–H groups in total. The van der Waals surface area contributed by atoms with Gasteiger partial charge in [-0.25, -0.2) is 0 Å². The summed E-state index contributed by atoms with van der Waals surface area (Å²) in [4.78, 5) is 20.5. The second kappa shape index (κ2) is 54.2. The van der Waals surface area contributed by atoms with Gasteiger partial charge in [-0.2, -0.15) is 0 Å². The van der Waals surface area contributed by atoms with Crippen LogP contribution in [-0.2, 0) is 36.9 Å². The van der Waals surface area contributed by atoms with Gasteiger partial charge in [0.15, 0.2) is 0 Å². The molecule has 0 saturated heterocycles. The normalized spacial score (nSPS) is 9.78. The standard InChI is InChI=1S/2C25H42O2.Cd/c2*1-2-3-4-5-6-7-8-9-10-11-12-13-14-15-16-17-18-19-20-21-22-23-24-25(26)27;/h2*2-12,17-24H2,1H3,(H,26,27);/q;;+2/p-2. The van der Waals surface area contributed by atoms with Gasteiger partial charge in [-0.1, -0.05) is 204 Å². The van der Waals surface area contributed by atoms with Crippen molar-refractivity contribution < 1.29 is 47.1 Å². The number of rotatable bonds is 36. The van der Waals surface area contributed by atoms with Crippen molar-refractivity contribution in [1.82, 2.24) is 0 Å². The van der Waals surface area contributed by atoms with Crippen molar-refractivity contribution in [2.24, 2.45) is 0 Å². The Labute approximate surface area is 362 Å². The van der Waals surface area contributed by atoms with Crippen LogP contribution in [0.15, 0.2) is 0 Å². The summed E-state index contributed by atoms with van der Waals surface area (Å²) in [6.07, 6.45) is 44.1. The van der Waals surface area contributed by atoms with Gasteiger partial charge in [0.2, 0.25) is 0 Å². The van der Waals surface area contributed by atoms with Crippen LogP contribution in [0.5, 0.6) is 0 Å². The van der Waals surface area contributed by atoms with Crippen LogP contribution in [0, 0.1) is 47.4 Å². The number of carbonyl (C=O) groups excluding carboxylic acids is 2. The minimum atomic E-state index is -0.931. The summed E-state index contributed by atoms with van der Waals surface area (Å²) in [5.74, 6) is 22.6. The molecule has 0 aromatic carbocycles. The SMILES string of the molecule is CCCCCCCCCCCCC#CC#CCCCCCCCCC(=O)[O-].CCCCCCCCCCCCC#CC#CCCCCCCCCC(=O)[O-].[Cd+2]. The summed E-state index contributed by atoms with van der Waals surface area (Å²) in [7, 11) is 0. The van der Waals surface area contributed by atoms with Crippen molar-refractivity contribution in [3.63, 3.8) is 0 Å². The van der Waals surface area contributed by atoms with Crippen LogP contribution in [-0.4, -0.2) is 11.9 Å². The van der Waals surface area contributed by atoms with E-state index in [1.165, 1.54) is 154 Å². The van der Waals surface area contributed by atoms with Gasteiger partial charge < -0.3 is 19.8 Å². The van der Waals surface area contributed by atoms with E-state index in [4.69, 9.17) is 0 Å². The molecule has 4 nitrogen and oxygen atoms in total. The second-order valence-corrected chi connectivity index (χ2v) is 15.1. The van der Waals surface area contributed by atoms with Crippen LogP contribution in [0.3, 0.4) is 0 Å². The molecule has 0 aliphatic heterocycles. The Morgan fingerprint density at radius 1 is 0.309 bits per heavy atom. The minimum absolute atomic E-state index is 0. The van der Waals surface area contributed by atoms with E-state index < -0.39 is 11.9 Å². The van der Waals surface area contributed by atoms with Crippen molar-refractivity contribution >= 4 is 11.9 Å². The summed E-state index contributed by atoms with van der Waals surface area (Å²) in [5, 5.41) is 20.5. The molecule has 0 bridgehead atoms. The van der Waals surface area contributed by atoms with Crippen LogP contribution in [0.1, 0.15) is 258 Å². The fraction of sp³-hybridized carbons (Fsp3) is 0.800. The molecular weight excluding hydrogens is 777 g/mol. The minimum Gasteiger partial charge on any atom is -0.550 e. The van der Waals surface area contributed by atoms with E-state index in [0.717, 1.165) is 77.0 Å². The van der Waals surface area contributed by atoms with Crippen LogP contribution in [0.25, 0.3) is 0 Å². The molecule has 0 saturated carbocycles. The average molecular weight is 860 g/mol. The van der Waals surface area contributed by atoms with Crippen molar-refractivity contribution in [3.8, 4) is 47.4 Å². The summed E-state index contributed by atoms with van der Waals surface area (Å²) < 4.78 is 0. The zero-order chi connectivity index (χ0) is 39.7. The third kappa shape index (κ3) is 61.5. The molecule has 0 heterocycles.